The van der Waals surface area contributed by atoms with E-state index in [0.717, 1.165) is 12.0 Å². The van der Waals surface area contributed by atoms with Crippen molar-refractivity contribution in [3.05, 3.63) is 35.6 Å². The summed E-state index contributed by atoms with van der Waals surface area (Å²) in [4.78, 5) is 10.7. The van der Waals surface area contributed by atoms with Crippen LogP contribution in [-0.4, -0.2) is 17.1 Å². The van der Waals surface area contributed by atoms with Crippen molar-refractivity contribution in [1.82, 2.24) is 5.32 Å². The number of hydrogen-bond donors (Lipinski definition) is 2. The fourth-order valence-corrected chi connectivity index (χ4v) is 1.90. The number of aliphatic carboxylic acids is 1. The Kier molecular flexibility index (Phi) is 2.68. The van der Waals surface area contributed by atoms with E-state index in [9.17, 15) is 9.18 Å². The van der Waals surface area contributed by atoms with E-state index in [4.69, 9.17) is 5.11 Å². The van der Waals surface area contributed by atoms with Crippen molar-refractivity contribution in [3.8, 4) is 0 Å². The van der Waals surface area contributed by atoms with Crippen molar-refractivity contribution >= 4 is 5.97 Å². The van der Waals surface area contributed by atoms with Gasteiger partial charge in [0.1, 0.15) is 11.9 Å². The van der Waals surface area contributed by atoms with Gasteiger partial charge in [-0.1, -0.05) is 12.1 Å². The first-order valence-corrected chi connectivity index (χ1v) is 4.91. The second-order valence-electron chi connectivity index (χ2n) is 3.74. The highest BCUT2D eigenvalue weighted by molar-refractivity contribution is 5.73. The average Bonchev–Trinajstić information content (AvgIpc) is 2.68. The molecule has 4 heteroatoms. The topological polar surface area (TPSA) is 49.3 Å². The van der Waals surface area contributed by atoms with E-state index in [1.165, 1.54) is 12.1 Å². The molecule has 0 unspecified atom stereocenters. The van der Waals surface area contributed by atoms with Crippen molar-refractivity contribution in [2.75, 3.05) is 0 Å². The largest absolute Gasteiger partial charge is 0.480 e. The third kappa shape index (κ3) is 2.15. The molecule has 0 aromatic heterocycles. The van der Waals surface area contributed by atoms with E-state index in [1.807, 2.05) is 0 Å². The molecule has 2 rings (SSSR count). The third-order valence-corrected chi connectivity index (χ3v) is 2.72. The third-order valence-electron chi connectivity index (χ3n) is 2.72. The lowest BCUT2D eigenvalue weighted by Gasteiger charge is -2.11. The van der Waals surface area contributed by atoms with Crippen LogP contribution in [-0.2, 0) is 4.79 Å². The van der Waals surface area contributed by atoms with Crippen LogP contribution in [0.4, 0.5) is 4.39 Å². The van der Waals surface area contributed by atoms with Gasteiger partial charge in [-0.15, -0.1) is 0 Å². The molecule has 2 atom stereocenters. The van der Waals surface area contributed by atoms with Gasteiger partial charge in [0, 0.05) is 6.04 Å². The second kappa shape index (κ2) is 3.98. The molecule has 80 valence electrons. The molecule has 1 aliphatic rings. The van der Waals surface area contributed by atoms with Crippen molar-refractivity contribution in [1.29, 1.82) is 0 Å². The van der Waals surface area contributed by atoms with Gasteiger partial charge in [-0.05, 0) is 30.5 Å². The molecule has 1 fully saturated rings. The van der Waals surface area contributed by atoms with Crippen LogP contribution in [0.2, 0.25) is 0 Å². The fraction of sp³-hybridized carbons (Fsp3) is 0.364. The van der Waals surface area contributed by atoms with Crippen molar-refractivity contribution < 1.29 is 14.3 Å². The molecule has 2 N–H and O–H groups in total. The minimum absolute atomic E-state index is 0.0340. The van der Waals surface area contributed by atoms with Gasteiger partial charge in [0.15, 0.2) is 0 Å². The van der Waals surface area contributed by atoms with Gasteiger partial charge in [-0.3, -0.25) is 10.1 Å². The lowest BCUT2D eigenvalue weighted by molar-refractivity contribution is -0.139. The van der Waals surface area contributed by atoms with Gasteiger partial charge in [-0.2, -0.15) is 0 Å². The maximum Gasteiger partial charge on any atom is 0.320 e. The molecule has 0 bridgehead atoms. The summed E-state index contributed by atoms with van der Waals surface area (Å²) in [7, 11) is 0. The van der Waals surface area contributed by atoms with Gasteiger partial charge in [0.05, 0.1) is 0 Å². The Morgan fingerprint density at radius 1 is 1.33 bits per heavy atom. The number of benzene rings is 1. The van der Waals surface area contributed by atoms with Gasteiger partial charge >= 0.3 is 5.97 Å². The molecule has 1 aromatic carbocycles. The van der Waals surface area contributed by atoms with Crippen LogP contribution >= 0.6 is 0 Å². The Morgan fingerprint density at radius 2 is 2.00 bits per heavy atom. The summed E-state index contributed by atoms with van der Waals surface area (Å²) >= 11 is 0. The molecule has 1 saturated heterocycles. The van der Waals surface area contributed by atoms with Crippen LogP contribution in [0.5, 0.6) is 0 Å². The van der Waals surface area contributed by atoms with Gasteiger partial charge in [-0.25, -0.2) is 4.39 Å². The van der Waals surface area contributed by atoms with E-state index < -0.39 is 12.0 Å². The summed E-state index contributed by atoms with van der Waals surface area (Å²) in [6.45, 7) is 0. The maximum absolute atomic E-state index is 12.7. The van der Waals surface area contributed by atoms with Crippen LogP contribution < -0.4 is 5.32 Å². The van der Waals surface area contributed by atoms with Crippen LogP contribution in [0.25, 0.3) is 0 Å². The summed E-state index contributed by atoms with van der Waals surface area (Å²) < 4.78 is 12.7. The number of hydrogen-bond acceptors (Lipinski definition) is 2. The van der Waals surface area contributed by atoms with Gasteiger partial charge in [0.2, 0.25) is 0 Å². The highest BCUT2D eigenvalue weighted by atomic mass is 19.1. The lowest BCUT2D eigenvalue weighted by Crippen LogP contribution is -2.31. The molecule has 1 aromatic rings. The van der Waals surface area contributed by atoms with Gasteiger partial charge in [0.25, 0.3) is 0 Å². The molecular weight excluding hydrogens is 197 g/mol. The second-order valence-corrected chi connectivity index (χ2v) is 3.74. The Balaban J connectivity index is 2.07. The summed E-state index contributed by atoms with van der Waals surface area (Å²) in [5.41, 5.74) is 0.945. The number of carboxylic acid groups (broad SMARTS) is 1. The predicted octanol–water partition coefficient (Wildman–Crippen LogP) is 1.70. The molecule has 1 heterocycles. The first kappa shape index (κ1) is 10.1. The Bertz CT molecular complexity index is 363. The zero-order valence-corrected chi connectivity index (χ0v) is 8.11. The van der Waals surface area contributed by atoms with Crippen molar-refractivity contribution in [2.45, 2.75) is 24.9 Å². The van der Waals surface area contributed by atoms with Crippen LogP contribution in [0, 0.1) is 5.82 Å². The lowest BCUT2D eigenvalue weighted by atomic mass is 10.1. The molecule has 1 aliphatic heterocycles. The minimum Gasteiger partial charge on any atom is -0.480 e. The highest BCUT2D eigenvalue weighted by Crippen LogP contribution is 2.26. The normalized spacial score (nSPS) is 25.4. The predicted molar refractivity (Wildman–Crippen MR) is 52.9 cm³/mol. The van der Waals surface area contributed by atoms with E-state index in [2.05, 4.69) is 5.32 Å². The summed E-state index contributed by atoms with van der Waals surface area (Å²) in [6, 6.07) is 5.73. The molecular formula is C11H12FNO2. The average molecular weight is 209 g/mol. The fourth-order valence-electron chi connectivity index (χ4n) is 1.90. The van der Waals surface area contributed by atoms with Crippen LogP contribution in [0.3, 0.4) is 0 Å². The first-order chi connectivity index (χ1) is 7.16. The van der Waals surface area contributed by atoms with E-state index >= 15 is 0 Å². The van der Waals surface area contributed by atoms with Crippen molar-refractivity contribution in [2.24, 2.45) is 0 Å². The monoisotopic (exact) mass is 209 g/mol. The number of nitrogens with one attached hydrogen (secondary N) is 1. The smallest absolute Gasteiger partial charge is 0.320 e. The number of halogens is 1. The zero-order valence-electron chi connectivity index (χ0n) is 8.11. The van der Waals surface area contributed by atoms with E-state index in [0.29, 0.717) is 6.42 Å². The standard InChI is InChI=1S/C11H12FNO2/c12-8-3-1-7(2-4-8)9-5-6-10(13-9)11(14)15/h1-4,9-10,13H,5-6H2,(H,14,15)/t9-,10+/m0/s1. The van der Waals surface area contributed by atoms with Crippen molar-refractivity contribution in [3.63, 3.8) is 0 Å². The SMILES string of the molecule is O=C(O)[C@H]1CC[C@@H](c2ccc(F)cc2)N1. The zero-order chi connectivity index (χ0) is 10.8. The first-order valence-electron chi connectivity index (χ1n) is 4.91. The summed E-state index contributed by atoms with van der Waals surface area (Å²) in [6.07, 6.45) is 1.40. The molecule has 0 amide bonds. The van der Waals surface area contributed by atoms with Crippen LogP contribution in [0.15, 0.2) is 24.3 Å². The molecule has 0 radical (unpaired) electrons. The Hall–Kier alpha value is -1.42. The maximum atomic E-state index is 12.7. The minimum atomic E-state index is -0.820. The summed E-state index contributed by atoms with van der Waals surface area (Å²) in [5.74, 6) is -1.09. The number of carbonyl (C=O) groups is 1. The summed E-state index contributed by atoms with van der Waals surface area (Å²) in [5, 5.41) is 11.8. The quantitative estimate of drug-likeness (QED) is 0.779. The molecule has 0 spiro atoms. The molecule has 0 saturated carbocycles. The Labute approximate surface area is 86.9 Å². The number of carboxylic acids is 1. The van der Waals surface area contributed by atoms with E-state index in [-0.39, 0.29) is 11.9 Å². The molecule has 3 nitrogen and oxygen atoms in total. The van der Waals surface area contributed by atoms with Crippen LogP contribution in [0.1, 0.15) is 24.4 Å². The number of rotatable bonds is 2. The molecule has 15 heavy (non-hydrogen) atoms. The Morgan fingerprint density at radius 3 is 2.53 bits per heavy atom. The van der Waals surface area contributed by atoms with Gasteiger partial charge < -0.3 is 5.11 Å². The van der Waals surface area contributed by atoms with E-state index in [1.54, 1.807) is 12.1 Å². The highest BCUT2D eigenvalue weighted by Gasteiger charge is 2.29. The molecule has 0 aliphatic carbocycles.